The predicted octanol–water partition coefficient (Wildman–Crippen LogP) is 14.6. The lowest BCUT2D eigenvalue weighted by Gasteiger charge is -2.14. The van der Waals surface area contributed by atoms with Crippen molar-refractivity contribution in [2.45, 2.75) is 0 Å². The highest BCUT2D eigenvalue weighted by Gasteiger charge is 2.19. The van der Waals surface area contributed by atoms with Crippen LogP contribution in [0.1, 0.15) is 0 Å². The molecule has 11 aromatic rings. The second-order valence-electron chi connectivity index (χ2n) is 15.3. The van der Waals surface area contributed by atoms with E-state index < -0.39 is 0 Å². The molecule has 0 unspecified atom stereocenters. The standard InChI is InChI=1S/C57H38N4/c1-5-18-39(19-6-1)43-26-15-28-45(34-43)48-37-51(40-20-7-2-8-21-40)54-50-32-13-14-33-52(50)61(53(54)38-48)49-31-17-29-46(36-49)44-27-16-30-47(35-44)57-59-55(41-22-9-3-10-23-41)58-56(60-57)42-24-11-4-12-25-42/h1-38H. The zero-order valence-electron chi connectivity index (χ0n) is 33.2. The van der Waals surface area contributed by atoms with Crippen LogP contribution in [0.25, 0.3) is 106 Å². The maximum atomic E-state index is 5.02. The minimum atomic E-state index is 0.630. The van der Waals surface area contributed by atoms with Gasteiger partial charge in [0.1, 0.15) is 0 Å². The molecule has 0 saturated heterocycles. The molecule has 2 heterocycles. The quantitative estimate of drug-likeness (QED) is 0.154. The summed E-state index contributed by atoms with van der Waals surface area (Å²) in [5, 5.41) is 2.45. The smallest absolute Gasteiger partial charge is 0.164 e. The van der Waals surface area contributed by atoms with E-state index in [1.165, 1.54) is 44.2 Å². The van der Waals surface area contributed by atoms with E-state index in [4.69, 9.17) is 15.0 Å². The van der Waals surface area contributed by atoms with Crippen LogP contribution in [-0.2, 0) is 0 Å². The molecule has 0 amide bonds. The van der Waals surface area contributed by atoms with Gasteiger partial charge in [0.2, 0.25) is 0 Å². The van der Waals surface area contributed by atoms with Gasteiger partial charge in [-0.3, -0.25) is 0 Å². The highest BCUT2D eigenvalue weighted by molar-refractivity contribution is 6.17. The molecular weight excluding hydrogens is 741 g/mol. The Morgan fingerprint density at radius 1 is 0.262 bits per heavy atom. The molecule has 9 aromatic carbocycles. The second-order valence-corrected chi connectivity index (χ2v) is 15.3. The Morgan fingerprint density at radius 3 is 1.31 bits per heavy atom. The molecule has 0 saturated carbocycles. The summed E-state index contributed by atoms with van der Waals surface area (Å²) in [6.45, 7) is 0. The fourth-order valence-corrected chi connectivity index (χ4v) is 8.50. The maximum Gasteiger partial charge on any atom is 0.164 e. The molecule has 11 rings (SSSR count). The van der Waals surface area contributed by atoms with Crippen LogP contribution in [0.5, 0.6) is 0 Å². The number of para-hydroxylation sites is 1. The summed E-state index contributed by atoms with van der Waals surface area (Å²) < 4.78 is 2.43. The predicted molar refractivity (Wildman–Crippen MR) is 252 cm³/mol. The fraction of sp³-hybridized carbons (Fsp3) is 0. The second kappa shape index (κ2) is 15.5. The highest BCUT2D eigenvalue weighted by atomic mass is 15.0. The molecular formula is C57H38N4. The van der Waals surface area contributed by atoms with Crippen molar-refractivity contribution in [2.75, 3.05) is 0 Å². The zero-order valence-corrected chi connectivity index (χ0v) is 33.2. The number of rotatable bonds is 8. The minimum Gasteiger partial charge on any atom is -0.309 e. The average molecular weight is 779 g/mol. The molecule has 0 bridgehead atoms. The molecule has 61 heavy (non-hydrogen) atoms. The minimum absolute atomic E-state index is 0.630. The van der Waals surface area contributed by atoms with Gasteiger partial charge in [0.15, 0.2) is 17.5 Å². The van der Waals surface area contributed by atoms with E-state index in [1.807, 2.05) is 60.7 Å². The lowest BCUT2D eigenvalue weighted by molar-refractivity contribution is 1.07. The van der Waals surface area contributed by atoms with Gasteiger partial charge in [-0.25, -0.2) is 15.0 Å². The van der Waals surface area contributed by atoms with Gasteiger partial charge in [-0.05, 0) is 87.0 Å². The lowest BCUT2D eigenvalue weighted by Crippen LogP contribution is -2.00. The fourth-order valence-electron chi connectivity index (χ4n) is 8.50. The van der Waals surface area contributed by atoms with Crippen molar-refractivity contribution < 1.29 is 0 Å². The molecule has 0 atom stereocenters. The van der Waals surface area contributed by atoms with Crippen LogP contribution in [0.3, 0.4) is 0 Å². The van der Waals surface area contributed by atoms with E-state index in [9.17, 15) is 0 Å². The summed E-state index contributed by atoms with van der Waals surface area (Å²) >= 11 is 0. The molecule has 0 fully saturated rings. The van der Waals surface area contributed by atoms with Gasteiger partial charge in [-0.1, -0.05) is 188 Å². The molecule has 0 radical (unpaired) electrons. The van der Waals surface area contributed by atoms with Gasteiger partial charge in [0, 0.05) is 33.2 Å². The molecule has 0 aliphatic rings. The maximum absolute atomic E-state index is 5.02. The van der Waals surface area contributed by atoms with Crippen LogP contribution < -0.4 is 0 Å². The van der Waals surface area contributed by atoms with Gasteiger partial charge >= 0.3 is 0 Å². The van der Waals surface area contributed by atoms with E-state index >= 15 is 0 Å². The summed E-state index contributed by atoms with van der Waals surface area (Å²) in [7, 11) is 0. The van der Waals surface area contributed by atoms with Crippen molar-refractivity contribution in [2.24, 2.45) is 0 Å². The number of fused-ring (bicyclic) bond motifs is 3. The van der Waals surface area contributed by atoms with Gasteiger partial charge in [-0.15, -0.1) is 0 Å². The van der Waals surface area contributed by atoms with Crippen molar-refractivity contribution in [3.8, 4) is 84.4 Å². The number of benzene rings is 9. The Hall–Kier alpha value is -8.21. The molecule has 0 aliphatic carbocycles. The van der Waals surface area contributed by atoms with Crippen molar-refractivity contribution >= 4 is 21.8 Å². The lowest BCUT2D eigenvalue weighted by atomic mass is 9.93. The summed E-state index contributed by atoms with van der Waals surface area (Å²) in [4.78, 5) is 15.0. The molecule has 0 spiro atoms. The third-order valence-electron chi connectivity index (χ3n) is 11.4. The van der Waals surface area contributed by atoms with E-state index in [1.54, 1.807) is 0 Å². The first-order valence-corrected chi connectivity index (χ1v) is 20.6. The summed E-state index contributed by atoms with van der Waals surface area (Å²) in [6.07, 6.45) is 0. The normalized spacial score (nSPS) is 11.3. The average Bonchev–Trinajstić information content (AvgIpc) is 3.69. The third-order valence-corrected chi connectivity index (χ3v) is 11.4. The first-order chi connectivity index (χ1) is 30.2. The van der Waals surface area contributed by atoms with Crippen LogP contribution >= 0.6 is 0 Å². The van der Waals surface area contributed by atoms with Crippen LogP contribution in [0.4, 0.5) is 0 Å². The molecule has 4 heteroatoms. The Morgan fingerprint density at radius 2 is 0.689 bits per heavy atom. The van der Waals surface area contributed by atoms with Crippen molar-refractivity contribution in [1.82, 2.24) is 19.5 Å². The van der Waals surface area contributed by atoms with Crippen LogP contribution in [-0.4, -0.2) is 19.5 Å². The van der Waals surface area contributed by atoms with Gasteiger partial charge in [0.25, 0.3) is 0 Å². The first kappa shape index (κ1) is 35.9. The van der Waals surface area contributed by atoms with Crippen LogP contribution in [0.2, 0.25) is 0 Å². The SMILES string of the molecule is c1ccc(-c2cccc(-c3cc(-c4ccccc4)c4c5ccccc5n(-c5cccc(-c6cccc(-c7nc(-c8ccccc8)nc(-c8ccccc8)n7)c6)c5)c4c3)c2)cc1. The van der Waals surface area contributed by atoms with Crippen molar-refractivity contribution in [3.63, 3.8) is 0 Å². The van der Waals surface area contributed by atoms with Gasteiger partial charge < -0.3 is 4.57 Å². The van der Waals surface area contributed by atoms with E-state index in [0.29, 0.717) is 17.5 Å². The molecule has 0 aliphatic heterocycles. The summed E-state index contributed by atoms with van der Waals surface area (Å²) in [5.74, 6) is 1.92. The third kappa shape index (κ3) is 6.86. The van der Waals surface area contributed by atoms with E-state index in [-0.39, 0.29) is 0 Å². The largest absolute Gasteiger partial charge is 0.309 e. The number of hydrogen-bond acceptors (Lipinski definition) is 3. The van der Waals surface area contributed by atoms with Crippen LogP contribution in [0.15, 0.2) is 231 Å². The molecule has 4 nitrogen and oxygen atoms in total. The Kier molecular flexibility index (Phi) is 9.14. The molecule has 0 N–H and O–H groups in total. The monoisotopic (exact) mass is 778 g/mol. The number of nitrogens with zero attached hydrogens (tertiary/aromatic N) is 4. The summed E-state index contributed by atoms with van der Waals surface area (Å²) in [6, 6.07) is 81.4. The Labute approximate surface area is 354 Å². The molecule has 2 aromatic heterocycles. The van der Waals surface area contributed by atoms with Crippen molar-refractivity contribution in [3.05, 3.63) is 231 Å². The van der Waals surface area contributed by atoms with E-state index in [2.05, 4.69) is 174 Å². The zero-order chi connectivity index (χ0) is 40.5. The van der Waals surface area contributed by atoms with Gasteiger partial charge in [0.05, 0.1) is 11.0 Å². The Bertz CT molecular complexity index is 3280. The molecule has 286 valence electrons. The van der Waals surface area contributed by atoms with E-state index in [0.717, 1.165) is 44.5 Å². The Balaban J connectivity index is 1.07. The van der Waals surface area contributed by atoms with Crippen molar-refractivity contribution in [1.29, 1.82) is 0 Å². The van der Waals surface area contributed by atoms with Gasteiger partial charge in [-0.2, -0.15) is 0 Å². The number of hydrogen-bond donors (Lipinski definition) is 0. The number of aromatic nitrogens is 4. The summed E-state index contributed by atoms with van der Waals surface area (Å²) in [5.41, 5.74) is 15.5. The first-order valence-electron chi connectivity index (χ1n) is 20.6. The van der Waals surface area contributed by atoms with Crippen LogP contribution in [0, 0.1) is 0 Å². The topological polar surface area (TPSA) is 43.6 Å². The highest BCUT2D eigenvalue weighted by Crippen LogP contribution is 2.42.